The van der Waals surface area contributed by atoms with Crippen LogP contribution >= 0.6 is 34.7 Å². The Morgan fingerprint density at radius 3 is 2.92 bits per heavy atom. The highest BCUT2D eigenvalue weighted by Gasteiger charge is 2.19. The predicted octanol–water partition coefficient (Wildman–Crippen LogP) is 4.21. The number of hydrogen-bond acceptors (Lipinski definition) is 7. The van der Waals surface area contributed by atoms with Crippen LogP contribution in [0.15, 0.2) is 40.9 Å². The summed E-state index contributed by atoms with van der Waals surface area (Å²) in [5.41, 5.74) is 0.168. The van der Waals surface area contributed by atoms with E-state index in [0.29, 0.717) is 16.7 Å². The first-order valence-corrected chi connectivity index (χ1v) is 9.45. The molecule has 2 N–H and O–H groups in total. The lowest BCUT2D eigenvalue weighted by atomic mass is 10.2. The van der Waals surface area contributed by atoms with Crippen LogP contribution in [0.2, 0.25) is 5.02 Å². The van der Waals surface area contributed by atoms with Gasteiger partial charge in [0, 0.05) is 12.1 Å². The Morgan fingerprint density at radius 1 is 1.46 bits per heavy atom. The number of aromatic nitrogens is 3. The quantitative estimate of drug-likeness (QED) is 0.358. The molecule has 1 aromatic carbocycles. The number of benzene rings is 1. The maximum Gasteiger partial charge on any atom is 0.271 e. The summed E-state index contributed by atoms with van der Waals surface area (Å²) in [6.45, 7) is 1.71. The molecule has 0 aliphatic carbocycles. The second-order valence-electron chi connectivity index (χ2n) is 5.11. The molecule has 0 saturated carbocycles. The number of nitro benzene ring substituents is 1. The molecule has 0 saturated heterocycles. The highest BCUT2D eigenvalue weighted by Crippen LogP contribution is 2.29. The van der Waals surface area contributed by atoms with Gasteiger partial charge in [-0.25, -0.2) is 4.98 Å². The van der Waals surface area contributed by atoms with Crippen LogP contribution in [0.1, 0.15) is 6.92 Å². The van der Waals surface area contributed by atoms with Crippen LogP contribution in [0.5, 0.6) is 0 Å². The first-order valence-electron chi connectivity index (χ1n) is 7.32. The SMILES string of the molecule is C[C@H](Sc1n[nH]c(-c2cccs2)n1)C(=O)Nc1ccc([N+](=O)[O-])cc1Cl. The largest absolute Gasteiger partial charge is 0.324 e. The second kappa shape index (κ2) is 7.85. The van der Waals surface area contributed by atoms with Crippen LogP contribution in [-0.4, -0.2) is 31.3 Å². The van der Waals surface area contributed by atoms with Gasteiger partial charge in [0.2, 0.25) is 11.1 Å². The van der Waals surface area contributed by atoms with Gasteiger partial charge < -0.3 is 5.32 Å². The molecule has 1 atom stereocenters. The van der Waals surface area contributed by atoms with E-state index >= 15 is 0 Å². The number of non-ortho nitro benzene ring substituents is 1. The Kier molecular flexibility index (Phi) is 5.55. The van der Waals surface area contributed by atoms with Crippen molar-refractivity contribution in [3.8, 4) is 10.7 Å². The minimum Gasteiger partial charge on any atom is -0.324 e. The Balaban J connectivity index is 1.64. The van der Waals surface area contributed by atoms with Gasteiger partial charge in [0.1, 0.15) is 0 Å². The van der Waals surface area contributed by atoms with E-state index < -0.39 is 10.2 Å². The lowest BCUT2D eigenvalue weighted by molar-refractivity contribution is -0.384. The minimum atomic E-state index is -0.551. The molecule has 3 rings (SSSR count). The zero-order chi connectivity index (χ0) is 18.7. The molecule has 0 bridgehead atoms. The van der Waals surface area contributed by atoms with Gasteiger partial charge in [-0.05, 0) is 24.4 Å². The van der Waals surface area contributed by atoms with Crippen LogP contribution in [0, 0.1) is 10.1 Å². The molecule has 134 valence electrons. The summed E-state index contributed by atoms with van der Waals surface area (Å²) in [4.78, 5) is 27.8. The number of carbonyl (C=O) groups is 1. The van der Waals surface area contributed by atoms with E-state index in [-0.39, 0.29) is 16.6 Å². The van der Waals surface area contributed by atoms with Crippen molar-refractivity contribution in [3.05, 3.63) is 50.8 Å². The number of anilines is 1. The van der Waals surface area contributed by atoms with Gasteiger partial charge in [-0.1, -0.05) is 29.4 Å². The monoisotopic (exact) mass is 409 g/mol. The normalized spacial score (nSPS) is 11.9. The van der Waals surface area contributed by atoms with E-state index in [4.69, 9.17) is 11.6 Å². The van der Waals surface area contributed by atoms with Crippen LogP contribution in [0.25, 0.3) is 10.7 Å². The number of nitrogens with zero attached hydrogens (tertiary/aromatic N) is 3. The van der Waals surface area contributed by atoms with Crippen molar-refractivity contribution in [3.63, 3.8) is 0 Å². The van der Waals surface area contributed by atoms with E-state index in [9.17, 15) is 14.9 Å². The van der Waals surface area contributed by atoms with Gasteiger partial charge in [-0.2, -0.15) is 0 Å². The number of carbonyl (C=O) groups excluding carboxylic acids is 1. The summed E-state index contributed by atoms with van der Waals surface area (Å²) < 4.78 is 0. The summed E-state index contributed by atoms with van der Waals surface area (Å²) in [5.74, 6) is 0.335. The third-order valence-corrected chi connectivity index (χ3v) is 5.44. The number of thiophene rings is 1. The summed E-state index contributed by atoms with van der Waals surface area (Å²) in [6.07, 6.45) is 0. The van der Waals surface area contributed by atoms with E-state index in [0.717, 1.165) is 4.88 Å². The molecule has 2 aromatic heterocycles. The van der Waals surface area contributed by atoms with E-state index in [1.807, 2.05) is 17.5 Å². The smallest absolute Gasteiger partial charge is 0.271 e. The minimum absolute atomic E-state index is 0.0997. The van der Waals surface area contributed by atoms with Crippen LogP contribution in [-0.2, 0) is 4.79 Å². The van der Waals surface area contributed by atoms with Crippen molar-refractivity contribution in [2.75, 3.05) is 5.32 Å². The van der Waals surface area contributed by atoms with Gasteiger partial charge in [0.15, 0.2) is 5.82 Å². The summed E-state index contributed by atoms with van der Waals surface area (Å²) in [6, 6.07) is 7.71. The Bertz CT molecular complexity index is 945. The molecule has 11 heteroatoms. The Morgan fingerprint density at radius 2 is 2.27 bits per heavy atom. The molecule has 1 amide bonds. The Hall–Kier alpha value is -2.43. The number of thioether (sulfide) groups is 1. The van der Waals surface area contributed by atoms with Gasteiger partial charge in [0.05, 0.1) is 25.8 Å². The molecule has 0 radical (unpaired) electrons. The van der Waals surface area contributed by atoms with E-state index in [2.05, 4.69) is 20.5 Å². The molecule has 26 heavy (non-hydrogen) atoms. The topological polar surface area (TPSA) is 114 Å². The van der Waals surface area contributed by atoms with Crippen molar-refractivity contribution < 1.29 is 9.72 Å². The van der Waals surface area contributed by atoms with E-state index in [1.165, 1.54) is 41.3 Å². The summed E-state index contributed by atoms with van der Waals surface area (Å²) in [5, 5.41) is 22.3. The number of nitro groups is 1. The first-order chi connectivity index (χ1) is 12.4. The number of rotatable bonds is 6. The standard InChI is InChI=1S/C15H12ClN5O3S2/c1-8(26-15-18-13(19-20-15)12-3-2-6-25-12)14(22)17-11-5-4-9(21(23)24)7-10(11)16/h2-8H,1H3,(H,17,22)(H,18,19,20)/t8-/m0/s1. The maximum atomic E-state index is 12.3. The highest BCUT2D eigenvalue weighted by molar-refractivity contribution is 8.00. The third-order valence-electron chi connectivity index (χ3n) is 3.29. The van der Waals surface area contributed by atoms with E-state index in [1.54, 1.807) is 6.92 Å². The fourth-order valence-electron chi connectivity index (χ4n) is 1.99. The lowest BCUT2D eigenvalue weighted by Crippen LogP contribution is -2.22. The van der Waals surface area contributed by atoms with Crippen molar-refractivity contribution in [1.29, 1.82) is 0 Å². The summed E-state index contributed by atoms with van der Waals surface area (Å²) >= 11 is 8.72. The van der Waals surface area contributed by atoms with Crippen molar-refractivity contribution in [2.45, 2.75) is 17.3 Å². The molecular weight excluding hydrogens is 398 g/mol. The summed E-state index contributed by atoms with van der Waals surface area (Å²) in [7, 11) is 0. The second-order valence-corrected chi connectivity index (χ2v) is 7.78. The average molecular weight is 410 g/mol. The third kappa shape index (κ3) is 4.21. The van der Waals surface area contributed by atoms with Crippen molar-refractivity contribution >= 4 is 52.0 Å². The van der Waals surface area contributed by atoms with Crippen molar-refractivity contribution in [2.24, 2.45) is 0 Å². The number of halogens is 1. The van der Waals surface area contributed by atoms with Gasteiger partial charge in [0.25, 0.3) is 5.69 Å². The van der Waals surface area contributed by atoms with Gasteiger partial charge in [-0.15, -0.1) is 16.4 Å². The molecule has 8 nitrogen and oxygen atoms in total. The number of nitrogens with one attached hydrogen (secondary N) is 2. The van der Waals surface area contributed by atoms with Crippen LogP contribution in [0.4, 0.5) is 11.4 Å². The lowest BCUT2D eigenvalue weighted by Gasteiger charge is -2.11. The average Bonchev–Trinajstić information content (AvgIpc) is 3.27. The maximum absolute atomic E-state index is 12.3. The molecule has 3 aromatic rings. The fourth-order valence-corrected chi connectivity index (χ4v) is 3.60. The molecular formula is C15H12ClN5O3S2. The Labute approximate surface area is 161 Å². The number of aromatic amines is 1. The van der Waals surface area contributed by atoms with Crippen molar-refractivity contribution in [1.82, 2.24) is 15.2 Å². The number of hydrogen-bond donors (Lipinski definition) is 2. The van der Waals surface area contributed by atoms with Gasteiger partial charge >= 0.3 is 0 Å². The number of H-pyrrole nitrogens is 1. The fraction of sp³-hybridized carbons (Fsp3) is 0.133. The van der Waals surface area contributed by atoms with Gasteiger partial charge in [-0.3, -0.25) is 20.0 Å². The molecule has 0 aliphatic rings. The number of amides is 1. The first kappa shape index (κ1) is 18.4. The molecule has 0 spiro atoms. The van der Waals surface area contributed by atoms with Crippen LogP contribution < -0.4 is 5.32 Å². The van der Waals surface area contributed by atoms with Crippen LogP contribution in [0.3, 0.4) is 0 Å². The zero-order valence-electron chi connectivity index (χ0n) is 13.3. The highest BCUT2D eigenvalue weighted by atomic mass is 35.5. The molecule has 2 heterocycles. The molecule has 0 fully saturated rings. The molecule has 0 unspecified atom stereocenters. The predicted molar refractivity (Wildman–Crippen MR) is 102 cm³/mol. The zero-order valence-corrected chi connectivity index (χ0v) is 15.7. The molecule has 0 aliphatic heterocycles.